The molecule has 8 rings (SSSR count). The SMILES string of the molecule is CC[C@H]1CCC[C@H](O[C@H]2CC[C@H](N(C)C)[C@@H](C)O2)[C@@H](C)C(=O)C2=C[C@H]3[C@@H]4C[C@H](O[C@@H]5O[C@@H](C)[C@H](OC)[C@@H](OC)[C@H]5OC)C[C@H]4c4c(nc5ccccn45)[C@H]3[C@@H]2CC(=O)O1. The largest absolute Gasteiger partial charge is 0.462 e. The van der Waals surface area contributed by atoms with Crippen LogP contribution in [0.25, 0.3) is 5.65 Å². The number of esters is 1. The maximum absolute atomic E-state index is 15.1. The summed E-state index contributed by atoms with van der Waals surface area (Å²) in [5.41, 5.74) is 3.69. The van der Waals surface area contributed by atoms with Gasteiger partial charge in [-0.2, -0.15) is 0 Å². The summed E-state index contributed by atoms with van der Waals surface area (Å²) >= 11 is 0. The minimum Gasteiger partial charge on any atom is -0.462 e. The second-order valence-corrected chi connectivity index (χ2v) is 18.3. The molecule has 6 aliphatic rings. The van der Waals surface area contributed by atoms with E-state index in [1.54, 1.807) is 21.3 Å². The zero-order valence-electron chi connectivity index (χ0n) is 36.5. The molecule has 0 spiro atoms. The highest BCUT2D eigenvalue weighted by molar-refractivity contribution is 5.99. The number of hydrogen-bond donors (Lipinski definition) is 0. The molecule has 59 heavy (non-hydrogen) atoms. The lowest BCUT2D eigenvalue weighted by atomic mass is 9.66. The van der Waals surface area contributed by atoms with Crippen molar-refractivity contribution in [3.8, 4) is 0 Å². The van der Waals surface area contributed by atoms with Crippen molar-refractivity contribution in [3.05, 3.63) is 47.4 Å². The summed E-state index contributed by atoms with van der Waals surface area (Å²) in [5, 5.41) is 0. The Hall–Kier alpha value is -2.75. The van der Waals surface area contributed by atoms with Crippen molar-refractivity contribution < 1.29 is 47.5 Å². The zero-order chi connectivity index (χ0) is 41.7. The molecule has 17 atom stereocenters. The van der Waals surface area contributed by atoms with E-state index >= 15 is 4.79 Å². The second kappa shape index (κ2) is 17.9. The van der Waals surface area contributed by atoms with Gasteiger partial charge >= 0.3 is 5.97 Å². The number of fused-ring (bicyclic) bond motifs is 10. The van der Waals surface area contributed by atoms with E-state index in [0.29, 0.717) is 18.0 Å². The van der Waals surface area contributed by atoms with Crippen LogP contribution in [-0.4, -0.2) is 129 Å². The lowest BCUT2D eigenvalue weighted by Crippen LogP contribution is -2.59. The number of rotatable bonds is 9. The fourth-order valence-corrected chi connectivity index (χ4v) is 11.9. The normalized spacial score (nSPS) is 41.7. The summed E-state index contributed by atoms with van der Waals surface area (Å²) in [5.74, 6) is -0.975. The molecule has 0 amide bonds. The monoisotopic (exact) mass is 821 g/mol. The van der Waals surface area contributed by atoms with Crippen LogP contribution in [0, 0.1) is 23.7 Å². The number of ether oxygens (including phenoxy) is 8. The average molecular weight is 822 g/mol. The molecule has 5 heterocycles. The third-order valence-corrected chi connectivity index (χ3v) is 14.8. The van der Waals surface area contributed by atoms with Crippen LogP contribution in [0.2, 0.25) is 0 Å². The molecule has 0 bridgehead atoms. The van der Waals surface area contributed by atoms with Gasteiger partial charge in [0.15, 0.2) is 18.4 Å². The Balaban J connectivity index is 1.13. The topological polar surface area (TPSA) is 129 Å². The Labute approximate surface area is 349 Å². The number of aromatic nitrogens is 2. The van der Waals surface area contributed by atoms with Crippen molar-refractivity contribution in [1.29, 1.82) is 0 Å². The van der Waals surface area contributed by atoms with Crippen LogP contribution >= 0.6 is 0 Å². The van der Waals surface area contributed by atoms with Crippen LogP contribution < -0.4 is 0 Å². The highest BCUT2D eigenvalue weighted by Crippen LogP contribution is 2.61. The van der Waals surface area contributed by atoms with Crippen LogP contribution in [0.3, 0.4) is 0 Å². The van der Waals surface area contributed by atoms with E-state index in [0.717, 1.165) is 62.0 Å². The molecule has 1 saturated carbocycles. The Kier molecular flexibility index (Phi) is 13.0. The first-order valence-corrected chi connectivity index (χ1v) is 22.2. The molecule has 2 aromatic heterocycles. The first-order valence-electron chi connectivity index (χ1n) is 22.2. The number of pyridine rings is 1. The molecule has 326 valence electrons. The summed E-state index contributed by atoms with van der Waals surface area (Å²) in [4.78, 5) is 36.6. The molecular formula is C46H67N3O10. The number of methoxy groups -OCH3 is 3. The third-order valence-electron chi connectivity index (χ3n) is 14.8. The van der Waals surface area contributed by atoms with E-state index in [9.17, 15) is 4.79 Å². The number of carbonyl (C=O) groups is 2. The molecular weight excluding hydrogens is 755 g/mol. The van der Waals surface area contributed by atoms with Crippen molar-refractivity contribution >= 4 is 17.4 Å². The van der Waals surface area contributed by atoms with Crippen LogP contribution in [0.1, 0.15) is 109 Å². The number of ketones is 1. The molecule has 13 heteroatoms. The molecule has 0 unspecified atom stereocenters. The molecule has 2 aromatic rings. The molecule has 0 N–H and O–H groups in total. The standard InChI is InChI=1S/C46H67N3O10/c1-10-27-14-13-15-35(59-38-18-17-34(48(5)6)25(3)55-38)24(2)42(51)33-22-30-29-20-28(58-46-45(54-9)44(53-8)43(52-7)26(4)56-46)21-32(29)41-40(39(30)31(33)23-37(50)57-27)47-36-16-11-12-19-49(36)41/h11-12,16,19,22,24-32,34-35,38-39,43-46H,10,13-15,17-18,20-21,23H2,1-9H3/t24-,25-,26+,27+,28+,29+,30+,31-,32-,34+,35+,38+,39-,43+,44-,45-,46+/m1/s1. The van der Waals surface area contributed by atoms with Gasteiger partial charge in [0.1, 0.15) is 30.1 Å². The summed E-state index contributed by atoms with van der Waals surface area (Å²) in [6, 6.07) is 6.40. The molecule has 3 aliphatic carbocycles. The minimum absolute atomic E-state index is 0.0128. The number of Topliss-reactive ketones (excluding diaryl/α,β-unsaturated/α-hetero) is 1. The van der Waals surface area contributed by atoms with Gasteiger partial charge in [-0.1, -0.05) is 26.0 Å². The molecule has 13 nitrogen and oxygen atoms in total. The lowest BCUT2D eigenvalue weighted by molar-refractivity contribution is -0.314. The fourth-order valence-electron chi connectivity index (χ4n) is 11.9. The molecule has 0 radical (unpaired) electrons. The fraction of sp³-hybridized carbons (Fsp3) is 0.761. The predicted molar refractivity (Wildman–Crippen MR) is 219 cm³/mol. The Morgan fingerprint density at radius 3 is 2.37 bits per heavy atom. The van der Waals surface area contributed by atoms with Gasteiger partial charge < -0.3 is 47.2 Å². The lowest BCUT2D eigenvalue weighted by Gasteiger charge is -2.44. The summed E-state index contributed by atoms with van der Waals surface area (Å²) < 4.78 is 52.7. The Morgan fingerprint density at radius 1 is 0.881 bits per heavy atom. The van der Waals surface area contributed by atoms with Crippen molar-refractivity contribution in [3.63, 3.8) is 0 Å². The van der Waals surface area contributed by atoms with E-state index in [4.69, 9.17) is 42.9 Å². The number of carbonyl (C=O) groups excluding carboxylic acids is 2. The van der Waals surface area contributed by atoms with Crippen molar-refractivity contribution in [2.75, 3.05) is 35.4 Å². The van der Waals surface area contributed by atoms with E-state index in [1.165, 1.54) is 0 Å². The Bertz CT molecular complexity index is 1830. The molecule has 0 aromatic carbocycles. The van der Waals surface area contributed by atoms with Crippen LogP contribution in [0.15, 0.2) is 36.0 Å². The third kappa shape index (κ3) is 8.08. The average Bonchev–Trinajstić information content (AvgIpc) is 3.92. The van der Waals surface area contributed by atoms with Crippen LogP contribution in [0.5, 0.6) is 0 Å². The smallest absolute Gasteiger partial charge is 0.306 e. The van der Waals surface area contributed by atoms with Gasteiger partial charge in [-0.15, -0.1) is 0 Å². The first-order chi connectivity index (χ1) is 28.5. The number of nitrogens with zero attached hydrogens (tertiary/aromatic N) is 3. The van der Waals surface area contributed by atoms with Gasteiger partial charge in [0.2, 0.25) is 0 Å². The van der Waals surface area contributed by atoms with Crippen molar-refractivity contribution in [2.24, 2.45) is 23.7 Å². The van der Waals surface area contributed by atoms with E-state index in [1.807, 2.05) is 32.0 Å². The molecule has 3 saturated heterocycles. The first kappa shape index (κ1) is 42.9. The van der Waals surface area contributed by atoms with Gasteiger partial charge in [0.25, 0.3) is 0 Å². The second-order valence-electron chi connectivity index (χ2n) is 18.3. The summed E-state index contributed by atoms with van der Waals surface area (Å²) in [6.07, 6.45) is 7.42. The van der Waals surface area contributed by atoms with E-state index in [2.05, 4.69) is 49.5 Å². The van der Waals surface area contributed by atoms with Gasteiger partial charge in [-0.25, -0.2) is 4.98 Å². The maximum Gasteiger partial charge on any atom is 0.306 e. The maximum atomic E-state index is 15.1. The van der Waals surface area contributed by atoms with Crippen molar-refractivity contribution in [2.45, 2.75) is 165 Å². The number of allylic oxidation sites excluding steroid dienone is 2. The predicted octanol–water partition coefficient (Wildman–Crippen LogP) is 6.21. The quantitative estimate of drug-likeness (QED) is 0.267. The highest BCUT2D eigenvalue weighted by atomic mass is 16.7. The van der Waals surface area contributed by atoms with Gasteiger partial charge in [0, 0.05) is 62.9 Å². The van der Waals surface area contributed by atoms with E-state index < -0.39 is 18.3 Å². The summed E-state index contributed by atoms with van der Waals surface area (Å²) in [7, 11) is 9.16. The Morgan fingerprint density at radius 2 is 1.66 bits per heavy atom. The summed E-state index contributed by atoms with van der Waals surface area (Å²) in [6.45, 7) is 8.17. The molecule has 4 fully saturated rings. The molecule has 3 aliphatic heterocycles. The zero-order valence-corrected chi connectivity index (χ0v) is 36.5. The van der Waals surface area contributed by atoms with Crippen LogP contribution in [0.4, 0.5) is 0 Å². The highest BCUT2D eigenvalue weighted by Gasteiger charge is 2.57. The van der Waals surface area contributed by atoms with E-state index in [-0.39, 0.29) is 96.8 Å². The van der Waals surface area contributed by atoms with Gasteiger partial charge in [0.05, 0.1) is 36.5 Å². The number of cyclic esters (lactones) is 1. The number of imidazole rings is 1. The minimum atomic E-state index is -0.656. The number of likely N-dealkylation sites (N-methyl/N-ethyl adjacent to an activating group) is 1. The van der Waals surface area contributed by atoms with Gasteiger partial charge in [-0.05, 0) is 109 Å². The van der Waals surface area contributed by atoms with Crippen LogP contribution in [-0.2, 0) is 47.5 Å². The number of hydrogen-bond acceptors (Lipinski definition) is 12. The van der Waals surface area contributed by atoms with Gasteiger partial charge in [-0.3, -0.25) is 9.59 Å². The van der Waals surface area contributed by atoms with Crippen molar-refractivity contribution in [1.82, 2.24) is 14.3 Å².